The van der Waals surface area contributed by atoms with Gasteiger partial charge in [-0.05, 0) is 62.5 Å². The summed E-state index contributed by atoms with van der Waals surface area (Å²) >= 11 is 7.91. The van der Waals surface area contributed by atoms with Crippen LogP contribution in [0.4, 0.5) is 5.69 Å². The maximum atomic E-state index is 13.6. The molecule has 0 radical (unpaired) electrons. The van der Waals surface area contributed by atoms with Crippen LogP contribution in [0.15, 0.2) is 71.0 Å². The van der Waals surface area contributed by atoms with E-state index in [-0.39, 0.29) is 12.3 Å². The first-order chi connectivity index (χ1) is 17.3. The summed E-state index contributed by atoms with van der Waals surface area (Å²) in [5, 5.41) is 15.2. The van der Waals surface area contributed by atoms with Crippen LogP contribution < -0.4 is 5.32 Å². The highest BCUT2D eigenvalue weighted by Gasteiger charge is 2.42. The number of nitrogens with zero attached hydrogens (tertiary/aromatic N) is 2. The number of aliphatic carboxylic acids is 1. The zero-order chi connectivity index (χ0) is 25.7. The van der Waals surface area contributed by atoms with Crippen molar-refractivity contribution in [1.29, 1.82) is 0 Å². The predicted octanol–water partition coefficient (Wildman–Crippen LogP) is 6.27. The number of thiophene rings is 1. The van der Waals surface area contributed by atoms with Crippen LogP contribution in [0.1, 0.15) is 55.2 Å². The lowest BCUT2D eigenvalue weighted by Crippen LogP contribution is -2.50. The predicted molar refractivity (Wildman–Crippen MR) is 146 cm³/mol. The number of anilines is 1. The molecule has 6 nitrogen and oxygen atoms in total. The molecule has 1 saturated heterocycles. The Morgan fingerprint density at radius 2 is 1.97 bits per heavy atom. The highest BCUT2D eigenvalue weighted by Crippen LogP contribution is 2.33. The molecule has 1 aliphatic heterocycles. The van der Waals surface area contributed by atoms with Gasteiger partial charge in [0.1, 0.15) is 0 Å². The minimum absolute atomic E-state index is 0.0711. The quantitative estimate of drug-likeness (QED) is 0.324. The molecule has 2 N–H and O–H groups in total. The molecule has 1 fully saturated rings. The summed E-state index contributed by atoms with van der Waals surface area (Å²) < 4.78 is 0. The summed E-state index contributed by atoms with van der Waals surface area (Å²) in [6.07, 6.45) is 1.61. The smallest absolute Gasteiger partial charge is 0.305 e. The van der Waals surface area contributed by atoms with Crippen molar-refractivity contribution in [1.82, 2.24) is 4.90 Å². The monoisotopic (exact) mass is 523 g/mol. The Hall–Kier alpha value is -3.00. The van der Waals surface area contributed by atoms with Gasteiger partial charge in [0.2, 0.25) is 5.91 Å². The molecule has 2 atom stereocenters. The molecule has 36 heavy (non-hydrogen) atoms. The molecular weight excluding hydrogens is 494 g/mol. The largest absolute Gasteiger partial charge is 0.481 e. The Balaban J connectivity index is 1.81. The van der Waals surface area contributed by atoms with Gasteiger partial charge in [0.25, 0.3) is 0 Å². The molecule has 2 aromatic carbocycles. The summed E-state index contributed by atoms with van der Waals surface area (Å²) in [5.41, 5.74) is 2.04. The van der Waals surface area contributed by atoms with Crippen LogP contribution in [-0.2, 0) is 9.59 Å². The van der Waals surface area contributed by atoms with Crippen LogP contribution in [-0.4, -0.2) is 46.2 Å². The Morgan fingerprint density at radius 1 is 1.19 bits per heavy atom. The van der Waals surface area contributed by atoms with Crippen molar-refractivity contribution in [2.45, 2.75) is 44.7 Å². The van der Waals surface area contributed by atoms with E-state index in [9.17, 15) is 14.7 Å². The van der Waals surface area contributed by atoms with Gasteiger partial charge < -0.3 is 10.4 Å². The highest BCUT2D eigenvalue weighted by atomic mass is 35.5. The van der Waals surface area contributed by atoms with E-state index >= 15 is 0 Å². The summed E-state index contributed by atoms with van der Waals surface area (Å²) in [5.74, 6) is -1.00. The SMILES string of the molecule is CCN1CCC[C@]1(C)C(=O)Nc1ccc(Cl)cc1C(=N[C@@H](CC(=O)O)c1cccs1)c1ccccc1. The number of likely N-dealkylation sites (N-methyl/N-ethyl adjacent to an activating group) is 1. The average molecular weight is 524 g/mol. The number of halogens is 1. The average Bonchev–Trinajstić information content (AvgIpc) is 3.54. The van der Waals surface area contributed by atoms with E-state index < -0.39 is 17.6 Å². The van der Waals surface area contributed by atoms with Gasteiger partial charge in [-0.15, -0.1) is 11.3 Å². The van der Waals surface area contributed by atoms with Crippen molar-refractivity contribution in [3.63, 3.8) is 0 Å². The third kappa shape index (κ3) is 5.69. The molecule has 0 unspecified atom stereocenters. The zero-order valence-electron chi connectivity index (χ0n) is 20.4. The number of carboxylic acid groups (broad SMARTS) is 1. The fourth-order valence-electron chi connectivity index (χ4n) is 4.77. The molecule has 188 valence electrons. The van der Waals surface area contributed by atoms with E-state index in [1.54, 1.807) is 18.2 Å². The first-order valence-electron chi connectivity index (χ1n) is 12.1. The van der Waals surface area contributed by atoms with Crippen LogP contribution in [0.5, 0.6) is 0 Å². The molecule has 4 rings (SSSR count). The molecule has 3 aromatic rings. The maximum Gasteiger partial charge on any atom is 0.305 e. The Bertz CT molecular complexity index is 1250. The number of nitrogens with one attached hydrogen (secondary N) is 1. The number of carboxylic acids is 1. The Kier molecular flexibility index (Phi) is 8.24. The normalized spacial score (nSPS) is 19.2. The van der Waals surface area contributed by atoms with Gasteiger partial charge in [-0.2, -0.15) is 0 Å². The van der Waals surface area contributed by atoms with E-state index in [0.29, 0.717) is 22.0 Å². The van der Waals surface area contributed by atoms with Gasteiger partial charge in [-0.1, -0.05) is 54.9 Å². The van der Waals surface area contributed by atoms with E-state index in [0.717, 1.165) is 36.4 Å². The summed E-state index contributed by atoms with van der Waals surface area (Å²) in [6, 6.07) is 18.1. The number of carbonyl (C=O) groups is 2. The van der Waals surface area contributed by atoms with E-state index in [1.807, 2.05) is 54.8 Å². The standard InChI is InChI=1S/C28H30ClN3O3S/c1-3-32-15-8-14-28(32,2)27(35)31-22-13-12-20(29)17-21(22)26(19-9-5-4-6-10-19)30-23(18-25(33)34)24-11-7-16-36-24/h4-7,9-13,16-17,23H,3,8,14-15,18H2,1-2H3,(H,31,35)(H,33,34)/t23-,28+/m0/s1. The van der Waals surface area contributed by atoms with Crippen LogP contribution in [0, 0.1) is 0 Å². The number of hydrogen-bond donors (Lipinski definition) is 2. The number of benzene rings is 2. The van der Waals surface area contributed by atoms with Gasteiger partial charge in [0.05, 0.1) is 29.4 Å². The first-order valence-corrected chi connectivity index (χ1v) is 13.3. The number of aliphatic imine (C=N–C) groups is 1. The fourth-order valence-corrected chi connectivity index (χ4v) is 5.71. The molecule has 1 aliphatic rings. The third-order valence-electron chi connectivity index (χ3n) is 6.72. The number of amides is 1. The second kappa shape index (κ2) is 11.4. The molecule has 8 heteroatoms. The number of rotatable bonds is 9. The second-order valence-electron chi connectivity index (χ2n) is 9.07. The van der Waals surface area contributed by atoms with Crippen LogP contribution in [0.25, 0.3) is 0 Å². The van der Waals surface area contributed by atoms with Gasteiger partial charge >= 0.3 is 5.97 Å². The van der Waals surface area contributed by atoms with Crippen molar-refractivity contribution in [2.75, 3.05) is 18.4 Å². The third-order valence-corrected chi connectivity index (χ3v) is 7.93. The lowest BCUT2D eigenvalue weighted by Gasteiger charge is -2.33. The molecular formula is C28H30ClN3O3S. The summed E-state index contributed by atoms with van der Waals surface area (Å²) in [4.78, 5) is 33.3. The summed E-state index contributed by atoms with van der Waals surface area (Å²) in [7, 11) is 0. The molecule has 1 amide bonds. The molecule has 0 spiro atoms. The van der Waals surface area contributed by atoms with Crippen LogP contribution >= 0.6 is 22.9 Å². The van der Waals surface area contributed by atoms with Crippen molar-refractivity contribution in [3.05, 3.63) is 87.1 Å². The minimum atomic E-state index is -0.932. The number of likely N-dealkylation sites (tertiary alicyclic amines) is 1. The van der Waals surface area contributed by atoms with Gasteiger partial charge in [0.15, 0.2) is 0 Å². The topological polar surface area (TPSA) is 82.0 Å². The van der Waals surface area contributed by atoms with Gasteiger partial charge in [-0.3, -0.25) is 19.5 Å². The van der Waals surface area contributed by atoms with Crippen molar-refractivity contribution in [2.24, 2.45) is 4.99 Å². The van der Waals surface area contributed by atoms with Crippen molar-refractivity contribution >= 4 is 46.2 Å². The van der Waals surface area contributed by atoms with Gasteiger partial charge in [-0.25, -0.2) is 0 Å². The molecule has 0 saturated carbocycles. The van der Waals surface area contributed by atoms with Crippen molar-refractivity contribution < 1.29 is 14.7 Å². The van der Waals surface area contributed by atoms with E-state index in [1.165, 1.54) is 11.3 Å². The minimum Gasteiger partial charge on any atom is -0.481 e. The highest BCUT2D eigenvalue weighted by molar-refractivity contribution is 7.10. The van der Waals surface area contributed by atoms with E-state index in [4.69, 9.17) is 16.6 Å². The lowest BCUT2D eigenvalue weighted by molar-refractivity contribution is -0.137. The Morgan fingerprint density at radius 3 is 2.64 bits per heavy atom. The second-order valence-corrected chi connectivity index (χ2v) is 10.5. The van der Waals surface area contributed by atoms with Crippen LogP contribution in [0.3, 0.4) is 0 Å². The van der Waals surface area contributed by atoms with Crippen LogP contribution in [0.2, 0.25) is 5.02 Å². The zero-order valence-corrected chi connectivity index (χ0v) is 22.0. The Labute approximate surface area is 220 Å². The molecule has 2 heterocycles. The fraction of sp³-hybridized carbons (Fsp3) is 0.321. The maximum absolute atomic E-state index is 13.6. The van der Waals surface area contributed by atoms with E-state index in [2.05, 4.69) is 17.1 Å². The first kappa shape index (κ1) is 26.1. The van der Waals surface area contributed by atoms with Crippen molar-refractivity contribution in [3.8, 4) is 0 Å². The number of hydrogen-bond acceptors (Lipinski definition) is 5. The number of carbonyl (C=O) groups excluding carboxylic acids is 1. The molecule has 0 bridgehead atoms. The molecule has 1 aromatic heterocycles. The lowest BCUT2D eigenvalue weighted by atomic mass is 9.96. The summed E-state index contributed by atoms with van der Waals surface area (Å²) in [6.45, 7) is 5.74. The molecule has 0 aliphatic carbocycles. The van der Waals surface area contributed by atoms with Gasteiger partial charge in [0, 0.05) is 21.0 Å².